The van der Waals surface area contributed by atoms with E-state index in [0.717, 1.165) is 11.6 Å². The third-order valence-corrected chi connectivity index (χ3v) is 3.23. The summed E-state index contributed by atoms with van der Waals surface area (Å²) in [6.07, 6.45) is 0. The molecule has 0 atom stereocenters. The van der Waals surface area contributed by atoms with Crippen molar-refractivity contribution in [2.24, 2.45) is 0 Å². The molecule has 0 unspecified atom stereocenters. The Kier molecular flexibility index (Phi) is 4.58. The van der Waals surface area contributed by atoms with E-state index in [4.69, 9.17) is 10.5 Å². The fourth-order valence-electron chi connectivity index (χ4n) is 1.92. The number of hydrogen-bond acceptors (Lipinski definition) is 3. The number of esters is 1. The van der Waals surface area contributed by atoms with Gasteiger partial charge >= 0.3 is 5.97 Å². The Morgan fingerprint density at radius 2 is 1.86 bits per heavy atom. The minimum atomic E-state index is -0.694. The van der Waals surface area contributed by atoms with Gasteiger partial charge < -0.3 is 10.5 Å². The molecular formula is C17H18FNO2. The molecule has 0 aliphatic rings. The van der Waals surface area contributed by atoms with E-state index in [0.29, 0.717) is 5.92 Å². The van der Waals surface area contributed by atoms with E-state index in [-0.39, 0.29) is 17.9 Å². The number of nitrogens with two attached hydrogens (primary N) is 1. The molecule has 3 nitrogen and oxygen atoms in total. The number of anilines is 1. The van der Waals surface area contributed by atoms with E-state index in [1.54, 1.807) is 0 Å². The molecule has 2 rings (SSSR count). The largest absolute Gasteiger partial charge is 0.457 e. The molecule has 0 amide bonds. The summed E-state index contributed by atoms with van der Waals surface area (Å²) in [5.41, 5.74) is 7.68. The number of hydrogen-bond donors (Lipinski definition) is 1. The number of rotatable bonds is 4. The van der Waals surface area contributed by atoms with Gasteiger partial charge in [0.05, 0.1) is 5.56 Å². The van der Waals surface area contributed by atoms with Crippen LogP contribution in [0.2, 0.25) is 0 Å². The Bertz CT molecular complexity index is 636. The molecule has 0 heterocycles. The van der Waals surface area contributed by atoms with Crippen molar-refractivity contribution in [2.45, 2.75) is 26.4 Å². The summed E-state index contributed by atoms with van der Waals surface area (Å²) in [6.45, 7) is 4.33. The molecule has 21 heavy (non-hydrogen) atoms. The molecule has 0 fully saturated rings. The first-order valence-corrected chi connectivity index (χ1v) is 6.78. The van der Waals surface area contributed by atoms with Crippen molar-refractivity contribution in [2.75, 3.05) is 5.73 Å². The smallest absolute Gasteiger partial charge is 0.341 e. The molecule has 2 aromatic rings. The van der Waals surface area contributed by atoms with Gasteiger partial charge in [-0.05, 0) is 35.2 Å². The van der Waals surface area contributed by atoms with Crippen molar-refractivity contribution >= 4 is 11.7 Å². The quantitative estimate of drug-likeness (QED) is 0.685. The molecule has 0 bridgehead atoms. The lowest BCUT2D eigenvalue weighted by molar-refractivity contribution is 0.0467. The predicted octanol–water partition coefficient (Wildman–Crippen LogP) is 3.89. The Hall–Kier alpha value is -2.36. The fourth-order valence-corrected chi connectivity index (χ4v) is 1.92. The third-order valence-electron chi connectivity index (χ3n) is 3.23. The molecule has 0 aliphatic carbocycles. The second-order valence-corrected chi connectivity index (χ2v) is 5.21. The van der Waals surface area contributed by atoms with Crippen LogP contribution in [-0.2, 0) is 11.3 Å². The number of carbonyl (C=O) groups is 1. The molecule has 110 valence electrons. The minimum Gasteiger partial charge on any atom is -0.457 e. The highest BCUT2D eigenvalue weighted by Crippen LogP contribution is 2.16. The molecule has 4 heteroatoms. The highest BCUT2D eigenvalue weighted by molar-refractivity contribution is 5.90. The van der Waals surface area contributed by atoms with Crippen LogP contribution >= 0.6 is 0 Å². The average Bonchev–Trinajstić information content (AvgIpc) is 2.45. The zero-order valence-corrected chi connectivity index (χ0v) is 12.1. The minimum absolute atomic E-state index is 0.108. The van der Waals surface area contributed by atoms with Crippen LogP contribution < -0.4 is 5.73 Å². The molecule has 0 spiro atoms. The monoisotopic (exact) mass is 287 g/mol. The molecule has 2 aromatic carbocycles. The highest BCUT2D eigenvalue weighted by atomic mass is 19.1. The number of carbonyl (C=O) groups excluding carboxylic acids is 1. The maximum atomic E-state index is 13.6. The van der Waals surface area contributed by atoms with Gasteiger partial charge in [0.25, 0.3) is 0 Å². The van der Waals surface area contributed by atoms with Crippen molar-refractivity contribution in [3.05, 3.63) is 65.0 Å². The van der Waals surface area contributed by atoms with Crippen molar-refractivity contribution in [1.29, 1.82) is 0 Å². The van der Waals surface area contributed by atoms with Gasteiger partial charge in [0.15, 0.2) is 0 Å². The first-order chi connectivity index (χ1) is 9.97. The molecule has 0 saturated carbocycles. The average molecular weight is 287 g/mol. The summed E-state index contributed by atoms with van der Waals surface area (Å²) in [4.78, 5) is 11.8. The predicted molar refractivity (Wildman–Crippen MR) is 80.5 cm³/mol. The van der Waals surface area contributed by atoms with Gasteiger partial charge in [0.2, 0.25) is 0 Å². The summed E-state index contributed by atoms with van der Waals surface area (Å²) in [5, 5.41) is 0. The topological polar surface area (TPSA) is 52.3 Å². The van der Waals surface area contributed by atoms with Crippen LogP contribution in [0.5, 0.6) is 0 Å². The first-order valence-electron chi connectivity index (χ1n) is 6.78. The Morgan fingerprint density at radius 3 is 2.43 bits per heavy atom. The summed E-state index contributed by atoms with van der Waals surface area (Å²) in [6, 6.07) is 11.7. The van der Waals surface area contributed by atoms with E-state index in [1.807, 2.05) is 24.3 Å². The lowest BCUT2D eigenvalue weighted by Crippen LogP contribution is -2.08. The van der Waals surface area contributed by atoms with E-state index in [1.165, 1.54) is 17.7 Å². The Labute approximate surface area is 123 Å². The lowest BCUT2D eigenvalue weighted by atomic mass is 10.0. The Balaban J connectivity index is 2.00. The van der Waals surface area contributed by atoms with Crippen LogP contribution in [-0.4, -0.2) is 5.97 Å². The Morgan fingerprint density at radius 1 is 1.19 bits per heavy atom. The van der Waals surface area contributed by atoms with E-state index in [9.17, 15) is 9.18 Å². The highest BCUT2D eigenvalue weighted by Gasteiger charge is 2.13. The summed E-state index contributed by atoms with van der Waals surface area (Å²) in [5.74, 6) is -0.916. The summed E-state index contributed by atoms with van der Waals surface area (Å²) >= 11 is 0. The zero-order valence-electron chi connectivity index (χ0n) is 12.1. The second kappa shape index (κ2) is 6.39. The van der Waals surface area contributed by atoms with Crippen molar-refractivity contribution in [1.82, 2.24) is 0 Å². The van der Waals surface area contributed by atoms with Gasteiger partial charge in [-0.3, -0.25) is 0 Å². The fraction of sp³-hybridized carbons (Fsp3) is 0.235. The van der Waals surface area contributed by atoms with Gasteiger partial charge in [-0.25, -0.2) is 9.18 Å². The van der Waals surface area contributed by atoms with Gasteiger partial charge in [-0.1, -0.05) is 38.1 Å². The number of benzene rings is 2. The van der Waals surface area contributed by atoms with E-state index >= 15 is 0 Å². The molecular weight excluding hydrogens is 269 g/mol. The summed E-state index contributed by atoms with van der Waals surface area (Å²) in [7, 11) is 0. The molecule has 0 radical (unpaired) electrons. The van der Waals surface area contributed by atoms with Crippen LogP contribution in [0.4, 0.5) is 10.1 Å². The van der Waals surface area contributed by atoms with Crippen molar-refractivity contribution < 1.29 is 13.9 Å². The van der Waals surface area contributed by atoms with Gasteiger partial charge in [-0.2, -0.15) is 0 Å². The van der Waals surface area contributed by atoms with E-state index in [2.05, 4.69) is 13.8 Å². The molecule has 0 saturated heterocycles. The maximum Gasteiger partial charge on any atom is 0.341 e. The van der Waals surface area contributed by atoms with Crippen LogP contribution in [0.15, 0.2) is 42.5 Å². The van der Waals surface area contributed by atoms with Gasteiger partial charge in [0.1, 0.15) is 12.4 Å². The van der Waals surface area contributed by atoms with Gasteiger partial charge in [-0.15, -0.1) is 0 Å². The first kappa shape index (κ1) is 15.0. The lowest BCUT2D eigenvalue weighted by Gasteiger charge is -2.08. The molecule has 0 aromatic heterocycles. The third kappa shape index (κ3) is 3.81. The van der Waals surface area contributed by atoms with Gasteiger partial charge in [0, 0.05) is 5.69 Å². The SMILES string of the molecule is CC(C)c1ccc(COC(=O)c2ccc(N)cc2F)cc1. The van der Waals surface area contributed by atoms with Crippen molar-refractivity contribution in [3.8, 4) is 0 Å². The van der Waals surface area contributed by atoms with Crippen LogP contribution in [0.25, 0.3) is 0 Å². The molecule has 2 N–H and O–H groups in total. The van der Waals surface area contributed by atoms with Crippen LogP contribution in [0.3, 0.4) is 0 Å². The second-order valence-electron chi connectivity index (χ2n) is 5.21. The maximum absolute atomic E-state index is 13.6. The van der Waals surface area contributed by atoms with Crippen LogP contribution in [0, 0.1) is 5.82 Å². The summed E-state index contributed by atoms with van der Waals surface area (Å²) < 4.78 is 18.7. The number of ether oxygens (including phenoxy) is 1. The normalized spacial score (nSPS) is 10.7. The van der Waals surface area contributed by atoms with E-state index < -0.39 is 11.8 Å². The van der Waals surface area contributed by atoms with Crippen molar-refractivity contribution in [3.63, 3.8) is 0 Å². The standard InChI is InChI=1S/C17H18FNO2/c1-11(2)13-5-3-12(4-6-13)10-21-17(20)15-8-7-14(19)9-16(15)18/h3-9,11H,10,19H2,1-2H3. The van der Waals surface area contributed by atoms with Crippen LogP contribution in [0.1, 0.15) is 41.3 Å². The number of halogens is 1. The number of nitrogen functional groups attached to an aromatic ring is 1. The zero-order chi connectivity index (χ0) is 15.4. The molecule has 0 aliphatic heterocycles.